The summed E-state index contributed by atoms with van der Waals surface area (Å²) in [6.45, 7) is 0. The Morgan fingerprint density at radius 2 is 2.00 bits per heavy atom. The summed E-state index contributed by atoms with van der Waals surface area (Å²) in [5.41, 5.74) is 0. The second-order valence-corrected chi connectivity index (χ2v) is 8.16. The molecular formula is C13H14BrN3Se. The Labute approximate surface area is 122 Å². The van der Waals surface area contributed by atoms with Crippen molar-refractivity contribution in [3.05, 3.63) is 52.3 Å². The number of hydrogen-bond acceptors (Lipinski definition) is 3. The summed E-state index contributed by atoms with van der Waals surface area (Å²) < 4.78 is 2.52. The molecule has 0 aromatic carbocycles. The first-order chi connectivity index (χ1) is 8.66. The van der Waals surface area contributed by atoms with E-state index in [4.69, 9.17) is 0 Å². The van der Waals surface area contributed by atoms with Gasteiger partial charge in [0.15, 0.2) is 0 Å². The summed E-state index contributed by atoms with van der Waals surface area (Å²) in [6, 6.07) is 10.2. The summed E-state index contributed by atoms with van der Waals surface area (Å²) in [5.74, 6) is 0.944. The van der Waals surface area contributed by atoms with Gasteiger partial charge in [-0.15, -0.1) is 0 Å². The normalized spacial score (nSPS) is 10.8. The molecular weight excluding hydrogens is 357 g/mol. The third kappa shape index (κ3) is 3.48. The van der Waals surface area contributed by atoms with Crippen molar-refractivity contribution in [2.24, 2.45) is 0 Å². The van der Waals surface area contributed by atoms with Gasteiger partial charge in [-0.3, -0.25) is 0 Å². The molecule has 0 saturated heterocycles. The maximum atomic E-state index is 4.41. The Hall–Kier alpha value is -1.03. The van der Waals surface area contributed by atoms with Gasteiger partial charge >= 0.3 is 122 Å². The minimum atomic E-state index is 0.314. The van der Waals surface area contributed by atoms with Crippen LogP contribution in [0.4, 0.5) is 10.4 Å². The Bertz CT molecular complexity index is 522. The predicted octanol–water partition coefficient (Wildman–Crippen LogP) is 3.07. The molecule has 0 saturated carbocycles. The number of rotatable bonds is 4. The van der Waals surface area contributed by atoms with E-state index in [-0.39, 0.29) is 0 Å². The van der Waals surface area contributed by atoms with E-state index in [0.29, 0.717) is 14.5 Å². The Kier molecular flexibility index (Phi) is 4.64. The van der Waals surface area contributed by atoms with Gasteiger partial charge < -0.3 is 0 Å². The van der Waals surface area contributed by atoms with Crippen molar-refractivity contribution in [1.82, 2.24) is 9.88 Å². The van der Waals surface area contributed by atoms with E-state index in [1.54, 1.807) is 0 Å². The van der Waals surface area contributed by atoms with E-state index in [1.807, 2.05) is 49.6 Å². The van der Waals surface area contributed by atoms with Crippen molar-refractivity contribution in [3.8, 4) is 0 Å². The molecule has 18 heavy (non-hydrogen) atoms. The first kappa shape index (κ1) is 13.4. The molecule has 0 aliphatic carbocycles. The average Bonchev–Trinajstić information content (AvgIpc) is 2.77. The first-order valence-electron chi connectivity index (χ1n) is 5.47. The van der Waals surface area contributed by atoms with Crippen molar-refractivity contribution in [3.63, 3.8) is 0 Å². The second kappa shape index (κ2) is 6.23. The second-order valence-electron chi connectivity index (χ2n) is 3.90. The van der Waals surface area contributed by atoms with E-state index >= 15 is 0 Å². The summed E-state index contributed by atoms with van der Waals surface area (Å²) in [6.07, 6.45) is 5.89. The SMILES string of the molecule is CN(C)/C=C/N(c1ccccn1)c1ccc(Br)[se]1. The fourth-order valence-corrected chi connectivity index (χ4v) is 3.91. The van der Waals surface area contributed by atoms with Gasteiger partial charge in [0.1, 0.15) is 0 Å². The minimum absolute atomic E-state index is 0.314. The number of pyridine rings is 1. The van der Waals surface area contributed by atoms with Crippen molar-refractivity contribution in [2.45, 2.75) is 0 Å². The van der Waals surface area contributed by atoms with Gasteiger partial charge in [-0.2, -0.15) is 0 Å². The summed E-state index contributed by atoms with van der Waals surface area (Å²) in [7, 11) is 4.02. The summed E-state index contributed by atoms with van der Waals surface area (Å²) in [5, 5.41) is 0. The van der Waals surface area contributed by atoms with Crippen LogP contribution in [0.3, 0.4) is 0 Å². The van der Waals surface area contributed by atoms with Gasteiger partial charge in [0.2, 0.25) is 0 Å². The molecule has 2 heterocycles. The third-order valence-corrected chi connectivity index (χ3v) is 5.14. The molecule has 3 nitrogen and oxygen atoms in total. The Morgan fingerprint density at radius 3 is 2.56 bits per heavy atom. The van der Waals surface area contributed by atoms with Crippen LogP contribution in [0, 0.1) is 0 Å². The van der Waals surface area contributed by atoms with Crippen molar-refractivity contribution >= 4 is 40.8 Å². The van der Waals surface area contributed by atoms with Gasteiger partial charge in [0.25, 0.3) is 0 Å². The van der Waals surface area contributed by atoms with Gasteiger partial charge in [-0.1, -0.05) is 0 Å². The molecule has 0 bridgehead atoms. The van der Waals surface area contributed by atoms with Crippen LogP contribution in [0.5, 0.6) is 0 Å². The van der Waals surface area contributed by atoms with Crippen LogP contribution >= 0.6 is 15.9 Å². The zero-order chi connectivity index (χ0) is 13.0. The fraction of sp³-hybridized carbons (Fsp3) is 0.154. The van der Waals surface area contributed by atoms with Crippen molar-refractivity contribution < 1.29 is 0 Å². The molecule has 2 rings (SSSR count). The monoisotopic (exact) mass is 371 g/mol. The van der Waals surface area contributed by atoms with Crippen molar-refractivity contribution in [2.75, 3.05) is 19.0 Å². The Morgan fingerprint density at radius 1 is 1.17 bits per heavy atom. The van der Waals surface area contributed by atoms with Crippen LogP contribution in [0.2, 0.25) is 0 Å². The molecule has 0 atom stereocenters. The van der Waals surface area contributed by atoms with Crippen LogP contribution in [0.1, 0.15) is 0 Å². The van der Waals surface area contributed by atoms with Crippen LogP contribution in [-0.2, 0) is 0 Å². The van der Waals surface area contributed by atoms with Crippen LogP contribution < -0.4 is 4.90 Å². The van der Waals surface area contributed by atoms with E-state index in [9.17, 15) is 0 Å². The molecule has 0 spiro atoms. The van der Waals surface area contributed by atoms with Gasteiger partial charge in [-0.25, -0.2) is 0 Å². The average molecular weight is 371 g/mol. The Balaban J connectivity index is 2.35. The zero-order valence-electron chi connectivity index (χ0n) is 10.2. The van der Waals surface area contributed by atoms with E-state index in [2.05, 4.69) is 44.1 Å². The van der Waals surface area contributed by atoms with Gasteiger partial charge in [0.05, 0.1) is 0 Å². The fourth-order valence-electron chi connectivity index (χ4n) is 1.39. The number of hydrogen-bond donors (Lipinski definition) is 0. The topological polar surface area (TPSA) is 19.4 Å². The van der Waals surface area contributed by atoms with Gasteiger partial charge in [0, 0.05) is 0 Å². The molecule has 0 unspecified atom stereocenters. The molecule has 94 valence electrons. The number of nitrogens with zero attached hydrogens (tertiary/aromatic N) is 3. The standard InChI is InChI=1S/C13H14BrN3Se/c1-16(2)9-10-17(12-5-3-4-8-15-12)13-7-6-11(14)18-13/h3-10H,1-2H3/b10-9+. The molecule has 5 heteroatoms. The molecule has 2 aromatic rings. The van der Waals surface area contributed by atoms with Crippen molar-refractivity contribution in [1.29, 1.82) is 0 Å². The van der Waals surface area contributed by atoms with E-state index in [1.165, 1.54) is 7.91 Å². The predicted molar refractivity (Wildman–Crippen MR) is 80.3 cm³/mol. The molecule has 0 amide bonds. The van der Waals surface area contributed by atoms with Crippen LogP contribution in [0.15, 0.2) is 52.3 Å². The molecule has 2 aromatic heterocycles. The van der Waals surface area contributed by atoms with E-state index < -0.39 is 0 Å². The summed E-state index contributed by atoms with van der Waals surface area (Å²) >= 11 is 3.87. The van der Waals surface area contributed by atoms with E-state index in [0.717, 1.165) is 5.82 Å². The number of anilines is 2. The maximum absolute atomic E-state index is 4.41. The first-order valence-corrected chi connectivity index (χ1v) is 7.98. The summed E-state index contributed by atoms with van der Waals surface area (Å²) in [4.78, 5) is 8.56. The molecule has 0 N–H and O–H groups in total. The number of aromatic nitrogens is 1. The molecule has 0 aliphatic heterocycles. The number of halogens is 1. The molecule has 0 fully saturated rings. The van der Waals surface area contributed by atoms with Crippen LogP contribution in [0.25, 0.3) is 0 Å². The third-order valence-electron chi connectivity index (χ3n) is 2.21. The van der Waals surface area contributed by atoms with Gasteiger partial charge in [-0.05, 0) is 0 Å². The van der Waals surface area contributed by atoms with Crippen LogP contribution in [-0.4, -0.2) is 38.5 Å². The molecule has 0 radical (unpaired) electrons. The quantitative estimate of drug-likeness (QED) is 0.771. The molecule has 0 aliphatic rings. The zero-order valence-corrected chi connectivity index (χ0v) is 13.5.